The van der Waals surface area contributed by atoms with Gasteiger partial charge in [-0.25, -0.2) is 13.2 Å². The third-order valence-corrected chi connectivity index (χ3v) is 6.47. The van der Waals surface area contributed by atoms with Crippen LogP contribution in [0.3, 0.4) is 0 Å². The van der Waals surface area contributed by atoms with E-state index < -0.39 is 26.5 Å². The Morgan fingerprint density at radius 1 is 1.30 bits per heavy atom. The van der Waals surface area contributed by atoms with E-state index >= 15 is 0 Å². The van der Waals surface area contributed by atoms with E-state index in [0.717, 1.165) is 4.31 Å². The monoisotopic (exact) mass is 335 g/mol. The van der Waals surface area contributed by atoms with Gasteiger partial charge in [0, 0.05) is 12.6 Å². The molecule has 1 N–H and O–H groups in total. The number of hydrogen-bond donors (Lipinski definition) is 1. The maximum atomic E-state index is 12.9. The van der Waals surface area contributed by atoms with Crippen LogP contribution in [0.5, 0.6) is 0 Å². The molecule has 1 heterocycles. The summed E-state index contributed by atoms with van der Waals surface area (Å²) in [6, 6.07) is 3.84. The van der Waals surface area contributed by atoms with Gasteiger partial charge in [-0.05, 0) is 31.0 Å². The number of hydrogen-bond acceptors (Lipinski definition) is 4. The smallest absolute Gasteiger partial charge is 0.335 e. The Kier molecular flexibility index (Phi) is 4.17. The van der Waals surface area contributed by atoms with Crippen molar-refractivity contribution >= 4 is 27.5 Å². The molecule has 122 valence electrons. The van der Waals surface area contributed by atoms with E-state index in [2.05, 4.69) is 13.2 Å². The molecule has 1 aliphatic heterocycles. The molecule has 0 atom stereocenters. The minimum atomic E-state index is -4.04. The standard InChI is InChI=1S/C16H17NO5S/c1-4-8-16(9-5-2)14(18)12-7-6-11(15(19)20)10-13(12)17(3)23(16,21)22/h4-7,10H,1-2,8-9H2,3H3,(H,19,20). The van der Waals surface area contributed by atoms with Gasteiger partial charge in [-0.15, -0.1) is 13.2 Å². The molecule has 0 saturated carbocycles. The first-order valence-electron chi connectivity index (χ1n) is 6.85. The van der Waals surface area contributed by atoms with Crippen LogP contribution in [0.2, 0.25) is 0 Å². The highest BCUT2D eigenvalue weighted by Crippen LogP contribution is 2.42. The summed E-state index contributed by atoms with van der Waals surface area (Å²) in [5.41, 5.74) is 0.160. The SMILES string of the molecule is C=CCC1(CC=C)C(=O)c2ccc(C(=O)O)cc2N(C)S1(=O)=O. The van der Waals surface area contributed by atoms with Gasteiger partial charge in [-0.3, -0.25) is 9.10 Å². The van der Waals surface area contributed by atoms with E-state index in [1.54, 1.807) is 0 Å². The van der Waals surface area contributed by atoms with E-state index in [1.165, 1.54) is 37.4 Å². The van der Waals surface area contributed by atoms with Crippen molar-refractivity contribution < 1.29 is 23.1 Å². The van der Waals surface area contributed by atoms with Gasteiger partial charge in [0.25, 0.3) is 0 Å². The molecule has 0 unspecified atom stereocenters. The number of sulfonamides is 1. The normalized spacial score (nSPS) is 18.1. The van der Waals surface area contributed by atoms with Crippen molar-refractivity contribution in [2.24, 2.45) is 0 Å². The van der Waals surface area contributed by atoms with Gasteiger partial charge < -0.3 is 5.11 Å². The largest absolute Gasteiger partial charge is 0.478 e. The molecule has 0 aliphatic carbocycles. The van der Waals surface area contributed by atoms with Crippen LogP contribution in [0.1, 0.15) is 33.6 Å². The summed E-state index contributed by atoms with van der Waals surface area (Å²) in [5, 5.41) is 9.06. The molecule has 0 bridgehead atoms. The number of allylic oxidation sites excluding steroid dienone is 2. The fourth-order valence-corrected chi connectivity index (χ4v) is 4.75. The molecule has 0 radical (unpaired) electrons. The molecule has 0 aromatic heterocycles. The number of anilines is 1. The van der Waals surface area contributed by atoms with Crippen LogP contribution in [0.4, 0.5) is 5.69 Å². The van der Waals surface area contributed by atoms with Crippen molar-refractivity contribution in [3.63, 3.8) is 0 Å². The number of carbonyl (C=O) groups excluding carboxylic acids is 1. The van der Waals surface area contributed by atoms with Crippen molar-refractivity contribution in [2.45, 2.75) is 17.6 Å². The lowest BCUT2D eigenvalue weighted by Crippen LogP contribution is -2.56. The zero-order valence-electron chi connectivity index (χ0n) is 12.7. The van der Waals surface area contributed by atoms with Crippen LogP contribution in [0, 0.1) is 0 Å². The lowest BCUT2D eigenvalue weighted by atomic mass is 9.89. The quantitative estimate of drug-likeness (QED) is 0.833. The second-order valence-electron chi connectivity index (χ2n) is 5.32. The summed E-state index contributed by atoms with van der Waals surface area (Å²) in [7, 11) is -2.73. The van der Waals surface area contributed by atoms with E-state index in [0.29, 0.717) is 0 Å². The molecule has 23 heavy (non-hydrogen) atoms. The topological polar surface area (TPSA) is 91.8 Å². The second kappa shape index (κ2) is 5.66. The predicted molar refractivity (Wildman–Crippen MR) is 87.4 cm³/mol. The lowest BCUT2D eigenvalue weighted by molar-refractivity contribution is 0.0696. The number of fused-ring (bicyclic) bond motifs is 1. The molecule has 1 aliphatic rings. The predicted octanol–water partition coefficient (Wildman–Crippen LogP) is 2.24. The van der Waals surface area contributed by atoms with Crippen molar-refractivity contribution in [1.82, 2.24) is 0 Å². The van der Waals surface area contributed by atoms with Crippen LogP contribution in [0.25, 0.3) is 0 Å². The first-order chi connectivity index (χ1) is 10.7. The summed E-state index contributed by atoms with van der Waals surface area (Å²) in [5.74, 6) is -1.76. The number of nitrogens with zero attached hydrogens (tertiary/aromatic N) is 1. The summed E-state index contributed by atoms with van der Waals surface area (Å²) in [4.78, 5) is 24.0. The van der Waals surface area contributed by atoms with Crippen molar-refractivity contribution in [3.05, 3.63) is 54.6 Å². The summed E-state index contributed by atoms with van der Waals surface area (Å²) >= 11 is 0. The van der Waals surface area contributed by atoms with Gasteiger partial charge in [0.1, 0.15) is 0 Å². The highest BCUT2D eigenvalue weighted by molar-refractivity contribution is 7.95. The first kappa shape index (κ1) is 17.0. The summed E-state index contributed by atoms with van der Waals surface area (Å²) < 4.78 is 25.1. The van der Waals surface area contributed by atoms with Gasteiger partial charge in [-0.2, -0.15) is 0 Å². The molecular formula is C16H17NO5S. The highest BCUT2D eigenvalue weighted by Gasteiger charge is 2.55. The van der Waals surface area contributed by atoms with Crippen molar-refractivity contribution in [2.75, 3.05) is 11.4 Å². The number of carboxylic acid groups (broad SMARTS) is 1. The molecule has 0 amide bonds. The van der Waals surface area contributed by atoms with E-state index in [-0.39, 0.29) is 29.7 Å². The minimum absolute atomic E-state index is 0.0509. The summed E-state index contributed by atoms with van der Waals surface area (Å²) in [6.07, 6.45) is 2.68. The zero-order chi connectivity index (χ0) is 17.4. The van der Waals surface area contributed by atoms with E-state index in [1.807, 2.05) is 0 Å². The Morgan fingerprint density at radius 3 is 2.35 bits per heavy atom. The molecule has 6 nitrogen and oxygen atoms in total. The number of rotatable bonds is 5. The molecule has 1 aromatic carbocycles. The molecule has 0 spiro atoms. The van der Waals surface area contributed by atoms with Crippen molar-refractivity contribution in [1.29, 1.82) is 0 Å². The van der Waals surface area contributed by atoms with Gasteiger partial charge >= 0.3 is 5.97 Å². The van der Waals surface area contributed by atoms with Crippen LogP contribution in [-0.2, 0) is 10.0 Å². The molecule has 2 rings (SSSR count). The highest BCUT2D eigenvalue weighted by atomic mass is 32.2. The second-order valence-corrected chi connectivity index (χ2v) is 7.60. The Bertz CT molecular complexity index is 800. The maximum absolute atomic E-state index is 12.9. The van der Waals surface area contributed by atoms with Gasteiger partial charge in [-0.1, -0.05) is 12.2 Å². The van der Waals surface area contributed by atoms with Crippen LogP contribution in [-0.4, -0.2) is 37.1 Å². The van der Waals surface area contributed by atoms with Crippen LogP contribution >= 0.6 is 0 Å². The van der Waals surface area contributed by atoms with Crippen LogP contribution < -0.4 is 4.31 Å². The van der Waals surface area contributed by atoms with E-state index in [4.69, 9.17) is 5.11 Å². The Morgan fingerprint density at radius 2 is 1.87 bits per heavy atom. The fraction of sp³-hybridized carbons (Fsp3) is 0.250. The molecule has 0 fully saturated rings. The lowest BCUT2D eigenvalue weighted by Gasteiger charge is -2.40. The van der Waals surface area contributed by atoms with Gasteiger partial charge in [0.05, 0.1) is 11.3 Å². The molecule has 1 aromatic rings. The fourth-order valence-electron chi connectivity index (χ4n) is 2.82. The average Bonchev–Trinajstić information content (AvgIpc) is 2.51. The molecule has 7 heteroatoms. The Labute approximate surface area is 134 Å². The van der Waals surface area contributed by atoms with E-state index in [9.17, 15) is 18.0 Å². The zero-order valence-corrected chi connectivity index (χ0v) is 13.5. The average molecular weight is 335 g/mol. The third kappa shape index (κ3) is 2.28. The molecule has 0 saturated heterocycles. The molecular weight excluding hydrogens is 318 g/mol. The number of ketones is 1. The maximum Gasteiger partial charge on any atom is 0.335 e. The van der Waals surface area contributed by atoms with Crippen molar-refractivity contribution in [3.8, 4) is 0 Å². The van der Waals surface area contributed by atoms with Gasteiger partial charge in [0.15, 0.2) is 10.5 Å². The number of aromatic carboxylic acids is 1. The number of carbonyl (C=O) groups is 2. The number of Topliss-reactive ketones (excluding diaryl/α,β-unsaturated/α-hetero) is 1. The minimum Gasteiger partial charge on any atom is -0.478 e. The third-order valence-electron chi connectivity index (χ3n) is 4.04. The number of benzene rings is 1. The Hall–Kier alpha value is -2.41. The Balaban J connectivity index is 2.79. The first-order valence-corrected chi connectivity index (χ1v) is 8.29. The summed E-state index contributed by atoms with van der Waals surface area (Å²) in [6.45, 7) is 7.11. The van der Waals surface area contributed by atoms with Gasteiger partial charge in [0.2, 0.25) is 10.0 Å². The number of carboxylic acids is 1. The van der Waals surface area contributed by atoms with Crippen LogP contribution in [0.15, 0.2) is 43.5 Å².